The maximum Gasteiger partial charge on any atom is 0.170 e. The molecule has 0 amide bonds. The number of hydrogen-bond donors (Lipinski definition) is 0. The Morgan fingerprint density at radius 1 is 1.20 bits per heavy atom. The molecule has 56 valence electrons. The molecule has 0 fully saturated rings. The highest BCUT2D eigenvalue weighted by molar-refractivity contribution is 4.65. The topological polar surface area (TPSA) is 51.6 Å². The van der Waals surface area contributed by atoms with Crippen LogP contribution in [0, 0.1) is 6.92 Å². The van der Waals surface area contributed by atoms with Crippen molar-refractivity contribution in [1.82, 2.24) is 20.4 Å². The van der Waals surface area contributed by atoms with Crippen molar-refractivity contribution >= 4 is 0 Å². The molecule has 0 radical (unpaired) electrons. The molecule has 1 aromatic heterocycles. The Labute approximate surface area is 60.7 Å². The van der Waals surface area contributed by atoms with Gasteiger partial charge >= 0.3 is 0 Å². The molecule has 4 heteroatoms. The van der Waals surface area contributed by atoms with Crippen molar-refractivity contribution in [3.05, 3.63) is 12.2 Å². The molecule has 1 aromatic rings. The molecule has 0 spiro atoms. The van der Waals surface area contributed by atoms with Gasteiger partial charge in [-0.3, -0.25) is 0 Å². The van der Waals surface area contributed by atoms with Crippen LogP contribution in [-0.2, 0) is 0 Å². The third kappa shape index (κ3) is 5.08. The molecular formula is C6H12N4. The fourth-order valence-corrected chi connectivity index (χ4v) is 0.262. The van der Waals surface area contributed by atoms with Gasteiger partial charge < -0.3 is 0 Å². The number of aromatic nitrogens is 4. The van der Waals surface area contributed by atoms with E-state index in [0.29, 0.717) is 5.82 Å². The summed E-state index contributed by atoms with van der Waals surface area (Å²) in [6, 6.07) is 0. The van der Waals surface area contributed by atoms with Crippen molar-refractivity contribution in [2.45, 2.75) is 27.2 Å². The van der Waals surface area contributed by atoms with Crippen molar-refractivity contribution in [2.24, 2.45) is 0 Å². The molecule has 0 bridgehead atoms. The highest BCUT2D eigenvalue weighted by atomic mass is 15.3. The minimum atomic E-state index is 0.600. The first kappa shape index (κ1) is 8.94. The van der Waals surface area contributed by atoms with Gasteiger partial charge in [0.15, 0.2) is 12.2 Å². The van der Waals surface area contributed by atoms with Crippen molar-refractivity contribution in [2.75, 3.05) is 0 Å². The highest BCUT2D eigenvalue weighted by Crippen LogP contribution is 1.69. The molecule has 0 N–H and O–H groups in total. The fourth-order valence-electron chi connectivity index (χ4n) is 0.262. The van der Waals surface area contributed by atoms with Crippen molar-refractivity contribution < 1.29 is 0 Å². The maximum atomic E-state index is 3.56. The van der Waals surface area contributed by atoms with E-state index in [2.05, 4.69) is 34.2 Å². The van der Waals surface area contributed by atoms with Crippen LogP contribution in [0.4, 0.5) is 0 Å². The van der Waals surface area contributed by atoms with E-state index in [4.69, 9.17) is 0 Å². The van der Waals surface area contributed by atoms with Crippen LogP contribution in [0.15, 0.2) is 6.33 Å². The average molecular weight is 140 g/mol. The van der Waals surface area contributed by atoms with E-state index in [1.807, 2.05) is 0 Å². The molecule has 10 heavy (non-hydrogen) atoms. The Morgan fingerprint density at radius 3 is 1.80 bits per heavy atom. The van der Waals surface area contributed by atoms with Gasteiger partial charge in [0, 0.05) is 0 Å². The summed E-state index contributed by atoms with van der Waals surface area (Å²) in [4.78, 5) is 0. The first-order chi connectivity index (χ1) is 4.81. The summed E-state index contributed by atoms with van der Waals surface area (Å²) in [6.45, 7) is 5.99. The molecule has 0 aromatic carbocycles. The van der Waals surface area contributed by atoms with E-state index >= 15 is 0 Å². The van der Waals surface area contributed by atoms with Gasteiger partial charge in [0.25, 0.3) is 0 Å². The van der Waals surface area contributed by atoms with Crippen molar-refractivity contribution in [3.63, 3.8) is 0 Å². The van der Waals surface area contributed by atoms with Gasteiger partial charge in [-0.1, -0.05) is 20.3 Å². The van der Waals surface area contributed by atoms with Crippen LogP contribution in [0.5, 0.6) is 0 Å². The van der Waals surface area contributed by atoms with Gasteiger partial charge in [-0.15, -0.1) is 20.4 Å². The SMILES string of the molecule is CCC.Cc1nncnn1. The molecule has 1 rings (SSSR count). The molecule has 0 unspecified atom stereocenters. The lowest BCUT2D eigenvalue weighted by Crippen LogP contribution is -1.90. The van der Waals surface area contributed by atoms with Crippen LogP contribution < -0.4 is 0 Å². The maximum absolute atomic E-state index is 3.56. The Hall–Kier alpha value is -1.06. The molecule has 0 saturated heterocycles. The Bertz CT molecular complexity index is 151. The first-order valence-corrected chi connectivity index (χ1v) is 3.28. The lowest BCUT2D eigenvalue weighted by molar-refractivity contribution is 0.806. The minimum absolute atomic E-state index is 0.600. The number of hydrogen-bond acceptors (Lipinski definition) is 4. The fraction of sp³-hybridized carbons (Fsp3) is 0.667. The zero-order valence-electron chi connectivity index (χ0n) is 6.57. The van der Waals surface area contributed by atoms with Crippen LogP contribution >= 0.6 is 0 Å². The van der Waals surface area contributed by atoms with Gasteiger partial charge in [0.05, 0.1) is 0 Å². The lowest BCUT2D eigenvalue weighted by Gasteiger charge is -1.78. The van der Waals surface area contributed by atoms with Crippen LogP contribution in [0.1, 0.15) is 26.1 Å². The van der Waals surface area contributed by atoms with E-state index in [1.165, 1.54) is 12.7 Å². The third-order valence-corrected chi connectivity index (χ3v) is 0.508. The Morgan fingerprint density at radius 2 is 1.60 bits per heavy atom. The second-order valence-electron chi connectivity index (χ2n) is 1.80. The van der Waals surface area contributed by atoms with Gasteiger partial charge in [-0.25, -0.2) is 0 Å². The normalized spacial score (nSPS) is 7.90. The van der Waals surface area contributed by atoms with Crippen LogP contribution in [0.2, 0.25) is 0 Å². The molecule has 0 atom stereocenters. The smallest absolute Gasteiger partial charge is 0.135 e. The number of rotatable bonds is 0. The molecule has 0 aliphatic rings. The summed E-state index contributed by atoms with van der Waals surface area (Å²) in [5.74, 6) is 0.600. The molecular weight excluding hydrogens is 128 g/mol. The van der Waals surface area contributed by atoms with Crippen molar-refractivity contribution in [1.29, 1.82) is 0 Å². The predicted molar refractivity (Wildman–Crippen MR) is 38.3 cm³/mol. The van der Waals surface area contributed by atoms with Gasteiger partial charge in [-0.05, 0) is 6.92 Å². The standard InChI is InChI=1S/C3H4N4.C3H8/c1-3-6-4-2-5-7-3;1-3-2/h2H,1H3;3H2,1-2H3. The van der Waals surface area contributed by atoms with Gasteiger partial charge in [-0.2, -0.15) is 0 Å². The van der Waals surface area contributed by atoms with Crippen LogP contribution in [0.3, 0.4) is 0 Å². The summed E-state index contributed by atoms with van der Waals surface area (Å²) in [6.07, 6.45) is 2.55. The first-order valence-electron chi connectivity index (χ1n) is 3.28. The number of aryl methyl sites for hydroxylation is 1. The van der Waals surface area contributed by atoms with Gasteiger partial charge in [0.1, 0.15) is 0 Å². The monoisotopic (exact) mass is 140 g/mol. The molecule has 0 aliphatic carbocycles. The summed E-state index contributed by atoms with van der Waals surface area (Å²) in [5.41, 5.74) is 0. The van der Waals surface area contributed by atoms with E-state index in [-0.39, 0.29) is 0 Å². The van der Waals surface area contributed by atoms with E-state index in [0.717, 1.165) is 0 Å². The zero-order chi connectivity index (χ0) is 7.82. The van der Waals surface area contributed by atoms with Crippen LogP contribution in [0.25, 0.3) is 0 Å². The zero-order valence-corrected chi connectivity index (χ0v) is 6.57. The van der Waals surface area contributed by atoms with E-state index in [1.54, 1.807) is 6.92 Å². The molecule has 0 aliphatic heterocycles. The highest BCUT2D eigenvalue weighted by Gasteiger charge is 1.77. The average Bonchev–Trinajstić information content (AvgIpc) is 1.91. The van der Waals surface area contributed by atoms with E-state index in [9.17, 15) is 0 Å². The predicted octanol–water partition coefficient (Wildman–Crippen LogP) is 0.991. The summed E-state index contributed by atoms with van der Waals surface area (Å²) in [7, 11) is 0. The Balaban J connectivity index is 0.000000236. The van der Waals surface area contributed by atoms with Gasteiger partial charge in [0.2, 0.25) is 0 Å². The summed E-state index contributed by atoms with van der Waals surface area (Å²) in [5, 5.41) is 14.0. The minimum Gasteiger partial charge on any atom is -0.135 e. The number of nitrogens with zero attached hydrogens (tertiary/aromatic N) is 4. The van der Waals surface area contributed by atoms with Crippen LogP contribution in [-0.4, -0.2) is 20.4 Å². The summed E-state index contributed by atoms with van der Waals surface area (Å²) >= 11 is 0. The van der Waals surface area contributed by atoms with E-state index < -0.39 is 0 Å². The summed E-state index contributed by atoms with van der Waals surface area (Å²) < 4.78 is 0. The molecule has 4 nitrogen and oxygen atoms in total. The largest absolute Gasteiger partial charge is 0.170 e. The molecule has 0 saturated carbocycles. The second-order valence-corrected chi connectivity index (χ2v) is 1.80. The Kier molecular flexibility index (Phi) is 5.42. The second kappa shape index (κ2) is 6.07. The quantitative estimate of drug-likeness (QED) is 0.539. The third-order valence-electron chi connectivity index (χ3n) is 0.508. The lowest BCUT2D eigenvalue weighted by atomic mass is 10.6. The van der Waals surface area contributed by atoms with Crippen molar-refractivity contribution in [3.8, 4) is 0 Å². The molecule has 1 heterocycles.